The molecule has 10 heteroatoms. The molecule has 2 aromatic rings. The molecule has 9 nitrogen and oxygen atoms in total. The van der Waals surface area contributed by atoms with E-state index in [4.69, 9.17) is 14.2 Å². The van der Waals surface area contributed by atoms with E-state index in [9.17, 15) is 9.90 Å². The van der Waals surface area contributed by atoms with Crippen molar-refractivity contribution < 1.29 is 24.1 Å². The van der Waals surface area contributed by atoms with Crippen molar-refractivity contribution in [2.24, 2.45) is 5.10 Å². The smallest absolute Gasteiger partial charge is 0.340 e. The van der Waals surface area contributed by atoms with Gasteiger partial charge in [0.1, 0.15) is 0 Å². The first-order valence-electron chi connectivity index (χ1n) is 8.45. The highest BCUT2D eigenvalue weighted by Gasteiger charge is 2.24. The van der Waals surface area contributed by atoms with Crippen LogP contribution in [0.4, 0.5) is 0 Å². The summed E-state index contributed by atoms with van der Waals surface area (Å²) >= 11 is 1.43. The van der Waals surface area contributed by atoms with Crippen LogP contribution in [0.1, 0.15) is 18.3 Å². The molecule has 28 heavy (non-hydrogen) atoms. The second kappa shape index (κ2) is 8.34. The van der Waals surface area contributed by atoms with E-state index in [1.165, 1.54) is 26.0 Å². The lowest BCUT2D eigenvalue weighted by atomic mass is 10.1. The largest absolute Gasteiger partial charge is 0.502 e. The predicted molar refractivity (Wildman–Crippen MR) is 104 cm³/mol. The Morgan fingerprint density at radius 1 is 1.29 bits per heavy atom. The third-order valence-corrected chi connectivity index (χ3v) is 4.88. The minimum Gasteiger partial charge on any atom is -0.502 e. The first-order chi connectivity index (χ1) is 13.5. The highest BCUT2D eigenvalue weighted by Crippen LogP contribution is 2.38. The van der Waals surface area contributed by atoms with Crippen LogP contribution in [-0.2, 0) is 9.53 Å². The van der Waals surface area contributed by atoms with Gasteiger partial charge in [-0.3, -0.25) is 0 Å². The van der Waals surface area contributed by atoms with E-state index >= 15 is 0 Å². The number of carbonyl (C=O) groups is 1. The molecule has 2 heterocycles. The van der Waals surface area contributed by atoms with E-state index in [-0.39, 0.29) is 23.9 Å². The molecule has 0 radical (unpaired) electrons. The SMILES string of the molecule is CCOC(=O)/C(=C\c1cc(OC)c(O)c(OC)c1)C1=Nn2c(C)nnc2SC1. The summed E-state index contributed by atoms with van der Waals surface area (Å²) < 4.78 is 17.2. The molecular weight excluding hydrogens is 384 g/mol. The zero-order valence-corrected chi connectivity index (χ0v) is 16.7. The fraction of sp³-hybridized carbons (Fsp3) is 0.333. The number of aromatic hydroxyl groups is 1. The number of aromatic nitrogens is 3. The van der Waals surface area contributed by atoms with Gasteiger partial charge in [0.25, 0.3) is 0 Å². The van der Waals surface area contributed by atoms with Crippen LogP contribution < -0.4 is 9.47 Å². The van der Waals surface area contributed by atoms with Gasteiger partial charge in [0.05, 0.1) is 32.1 Å². The van der Waals surface area contributed by atoms with Gasteiger partial charge in [-0.2, -0.15) is 9.78 Å². The number of aryl methyl sites for hydroxylation is 1. The Hall–Kier alpha value is -3.01. The number of carbonyl (C=O) groups excluding carboxylic acids is 1. The summed E-state index contributed by atoms with van der Waals surface area (Å²) in [5.74, 6) is 0.902. The molecule has 1 N–H and O–H groups in total. The molecule has 148 valence electrons. The molecule has 1 aromatic heterocycles. The summed E-state index contributed by atoms with van der Waals surface area (Å²) in [7, 11) is 2.87. The maximum atomic E-state index is 12.6. The third-order valence-electron chi connectivity index (χ3n) is 3.95. The number of esters is 1. The number of methoxy groups -OCH3 is 2. The second-order valence-corrected chi connectivity index (χ2v) is 6.67. The quantitative estimate of drug-likeness (QED) is 0.577. The number of phenolic OH excluding ortho intramolecular Hbond substituents is 1. The van der Waals surface area contributed by atoms with Crippen molar-refractivity contribution in [3.05, 3.63) is 29.1 Å². The van der Waals surface area contributed by atoms with Gasteiger partial charge in [-0.05, 0) is 37.6 Å². The molecule has 0 bridgehead atoms. The molecule has 0 amide bonds. The minimum absolute atomic E-state index is 0.116. The summed E-state index contributed by atoms with van der Waals surface area (Å²) in [5, 5.41) is 23.3. The normalized spacial score (nSPS) is 13.6. The van der Waals surface area contributed by atoms with E-state index in [0.717, 1.165) is 0 Å². The Bertz CT molecular complexity index is 942. The van der Waals surface area contributed by atoms with Crippen LogP contribution in [0.15, 0.2) is 28.0 Å². The topological polar surface area (TPSA) is 108 Å². The van der Waals surface area contributed by atoms with Gasteiger partial charge in [-0.1, -0.05) is 11.8 Å². The number of hydrogen-bond donors (Lipinski definition) is 1. The Kier molecular flexibility index (Phi) is 5.88. The van der Waals surface area contributed by atoms with Crippen LogP contribution in [0.2, 0.25) is 0 Å². The zero-order valence-electron chi connectivity index (χ0n) is 15.9. The maximum absolute atomic E-state index is 12.6. The molecule has 0 fully saturated rings. The van der Waals surface area contributed by atoms with Gasteiger partial charge >= 0.3 is 5.97 Å². The summed E-state index contributed by atoms with van der Waals surface area (Å²) in [4.78, 5) is 12.6. The Morgan fingerprint density at radius 2 is 1.96 bits per heavy atom. The molecule has 0 saturated carbocycles. The Balaban J connectivity index is 2.10. The fourth-order valence-electron chi connectivity index (χ4n) is 2.59. The molecule has 1 aromatic carbocycles. The third kappa shape index (κ3) is 3.81. The molecule has 1 aliphatic heterocycles. The summed E-state index contributed by atoms with van der Waals surface area (Å²) in [6, 6.07) is 3.20. The average molecular weight is 404 g/mol. The standard InChI is InChI=1S/C18H20N4O5S/c1-5-27-17(24)12(13-9-28-18-20-19-10(2)22(18)21-13)6-11-7-14(25-3)16(23)15(8-11)26-4/h6-8,23H,5,9H2,1-4H3/b12-6-. The van der Waals surface area contributed by atoms with E-state index in [0.29, 0.717) is 33.6 Å². The Morgan fingerprint density at radius 3 is 2.57 bits per heavy atom. The first kappa shape index (κ1) is 19.7. The number of fused-ring (bicyclic) bond motifs is 1. The monoisotopic (exact) mass is 404 g/mol. The average Bonchev–Trinajstić information content (AvgIpc) is 3.07. The predicted octanol–water partition coefficient (Wildman–Crippen LogP) is 2.27. The summed E-state index contributed by atoms with van der Waals surface area (Å²) in [6.07, 6.45) is 1.63. The van der Waals surface area contributed by atoms with Crippen LogP contribution in [-0.4, -0.2) is 58.2 Å². The molecule has 0 aliphatic carbocycles. The second-order valence-electron chi connectivity index (χ2n) is 5.73. The van der Waals surface area contributed by atoms with Crippen LogP contribution in [0.25, 0.3) is 6.08 Å². The molecule has 3 rings (SSSR count). The lowest BCUT2D eigenvalue weighted by Gasteiger charge is -2.15. The molecule has 0 unspecified atom stereocenters. The van der Waals surface area contributed by atoms with Gasteiger partial charge in [0, 0.05) is 5.75 Å². The maximum Gasteiger partial charge on any atom is 0.340 e. The van der Waals surface area contributed by atoms with Gasteiger partial charge in [0.15, 0.2) is 17.3 Å². The summed E-state index contributed by atoms with van der Waals surface area (Å²) in [5.41, 5.74) is 1.42. The molecule has 1 aliphatic rings. The van der Waals surface area contributed by atoms with E-state index in [2.05, 4.69) is 15.3 Å². The van der Waals surface area contributed by atoms with Crippen molar-refractivity contribution in [1.29, 1.82) is 0 Å². The van der Waals surface area contributed by atoms with Crippen molar-refractivity contribution in [3.63, 3.8) is 0 Å². The minimum atomic E-state index is -0.498. The van der Waals surface area contributed by atoms with Crippen LogP contribution in [0, 0.1) is 6.92 Å². The highest BCUT2D eigenvalue weighted by molar-refractivity contribution is 7.99. The summed E-state index contributed by atoms with van der Waals surface area (Å²) in [6.45, 7) is 3.75. The fourth-order valence-corrected chi connectivity index (χ4v) is 3.46. The van der Waals surface area contributed by atoms with Crippen molar-refractivity contribution in [2.45, 2.75) is 19.0 Å². The molecular formula is C18H20N4O5S. The first-order valence-corrected chi connectivity index (χ1v) is 9.43. The van der Waals surface area contributed by atoms with Crippen LogP contribution >= 0.6 is 11.8 Å². The number of phenols is 1. The van der Waals surface area contributed by atoms with Crippen molar-refractivity contribution in [1.82, 2.24) is 14.9 Å². The van der Waals surface area contributed by atoms with E-state index in [1.807, 2.05) is 0 Å². The van der Waals surface area contributed by atoms with E-state index in [1.54, 1.807) is 36.7 Å². The van der Waals surface area contributed by atoms with Crippen molar-refractivity contribution in [2.75, 3.05) is 26.6 Å². The number of nitrogens with zero attached hydrogens (tertiary/aromatic N) is 4. The van der Waals surface area contributed by atoms with Gasteiger partial charge in [-0.15, -0.1) is 10.2 Å². The van der Waals surface area contributed by atoms with Crippen LogP contribution in [0.5, 0.6) is 17.2 Å². The molecule has 0 atom stereocenters. The number of ether oxygens (including phenoxy) is 3. The van der Waals surface area contributed by atoms with Crippen molar-refractivity contribution in [3.8, 4) is 17.2 Å². The number of benzene rings is 1. The van der Waals surface area contributed by atoms with Gasteiger partial charge < -0.3 is 19.3 Å². The van der Waals surface area contributed by atoms with Crippen LogP contribution in [0.3, 0.4) is 0 Å². The van der Waals surface area contributed by atoms with Crippen molar-refractivity contribution >= 4 is 29.5 Å². The van der Waals surface area contributed by atoms with Gasteiger partial charge in [0.2, 0.25) is 10.9 Å². The highest BCUT2D eigenvalue weighted by atomic mass is 32.2. The zero-order chi connectivity index (χ0) is 20.3. The lowest BCUT2D eigenvalue weighted by molar-refractivity contribution is -0.137. The number of hydrogen-bond acceptors (Lipinski definition) is 9. The number of thioether (sulfide) groups is 1. The number of rotatable bonds is 6. The molecule has 0 spiro atoms. The molecule has 0 saturated heterocycles. The van der Waals surface area contributed by atoms with Gasteiger partial charge in [-0.25, -0.2) is 4.79 Å². The lowest BCUT2D eigenvalue weighted by Crippen LogP contribution is -2.21. The Labute approximate surface area is 166 Å². The van der Waals surface area contributed by atoms with E-state index < -0.39 is 5.97 Å².